The molecule has 1 heterocycles. The zero-order valence-corrected chi connectivity index (χ0v) is 9.28. The van der Waals surface area contributed by atoms with Gasteiger partial charge in [-0.3, -0.25) is 9.59 Å². The van der Waals surface area contributed by atoms with Gasteiger partial charge in [-0.05, 0) is 30.7 Å². The van der Waals surface area contributed by atoms with Crippen molar-refractivity contribution in [3.8, 4) is 0 Å². The molecule has 1 aliphatic rings. The number of imide groups is 1. The molecule has 2 N–H and O–H groups in total. The summed E-state index contributed by atoms with van der Waals surface area (Å²) in [5.74, 6) is -0.562. The van der Waals surface area contributed by atoms with Crippen LogP contribution < -0.4 is 10.6 Å². The van der Waals surface area contributed by atoms with Gasteiger partial charge in [0.25, 0.3) is 5.91 Å². The molecule has 1 atom stereocenters. The van der Waals surface area contributed by atoms with Crippen molar-refractivity contribution in [1.82, 2.24) is 0 Å². The van der Waals surface area contributed by atoms with Gasteiger partial charge >= 0.3 is 0 Å². The van der Waals surface area contributed by atoms with E-state index in [0.717, 1.165) is 4.90 Å². The van der Waals surface area contributed by atoms with Gasteiger partial charge in [0, 0.05) is 11.4 Å². The number of anilines is 1. The Morgan fingerprint density at radius 1 is 1.25 bits per heavy atom. The fourth-order valence-electron chi connectivity index (χ4n) is 1.66. The van der Waals surface area contributed by atoms with E-state index in [2.05, 4.69) is 0 Å². The molecule has 0 saturated carbocycles. The van der Waals surface area contributed by atoms with Gasteiger partial charge < -0.3 is 5.73 Å². The smallest absolute Gasteiger partial charge is 0.250 e. The second-order valence-corrected chi connectivity index (χ2v) is 4.13. The van der Waals surface area contributed by atoms with Crippen LogP contribution in [0.4, 0.5) is 5.69 Å². The Morgan fingerprint density at radius 2 is 1.88 bits per heavy atom. The predicted octanol–water partition coefficient (Wildman–Crippen LogP) is 1.32. The highest BCUT2D eigenvalue weighted by atomic mass is 35.5. The molecule has 0 aromatic heterocycles. The lowest BCUT2D eigenvalue weighted by Crippen LogP contribution is -2.51. The third-order valence-electron chi connectivity index (χ3n) is 2.54. The topological polar surface area (TPSA) is 63.4 Å². The van der Waals surface area contributed by atoms with Crippen molar-refractivity contribution in [3.63, 3.8) is 0 Å². The van der Waals surface area contributed by atoms with E-state index in [4.69, 9.17) is 17.3 Å². The first-order chi connectivity index (χ1) is 7.59. The van der Waals surface area contributed by atoms with Crippen LogP contribution in [0.15, 0.2) is 24.3 Å². The molecule has 16 heavy (non-hydrogen) atoms. The molecular weight excluding hydrogens is 228 g/mol. The Bertz CT molecular complexity index is 430. The summed E-state index contributed by atoms with van der Waals surface area (Å²) in [5, 5.41) is 0.560. The third kappa shape index (κ3) is 1.94. The van der Waals surface area contributed by atoms with Crippen molar-refractivity contribution < 1.29 is 9.59 Å². The van der Waals surface area contributed by atoms with E-state index in [9.17, 15) is 9.59 Å². The summed E-state index contributed by atoms with van der Waals surface area (Å²) >= 11 is 5.74. The zero-order chi connectivity index (χ0) is 11.7. The Kier molecular flexibility index (Phi) is 2.94. The molecule has 1 aromatic carbocycles. The highest BCUT2D eigenvalue weighted by Crippen LogP contribution is 2.23. The number of carbonyl (C=O) groups is 2. The number of benzene rings is 1. The van der Waals surface area contributed by atoms with E-state index in [1.54, 1.807) is 24.3 Å². The highest BCUT2D eigenvalue weighted by molar-refractivity contribution is 6.30. The van der Waals surface area contributed by atoms with E-state index in [-0.39, 0.29) is 11.8 Å². The summed E-state index contributed by atoms with van der Waals surface area (Å²) in [6, 6.07) is 5.95. The second kappa shape index (κ2) is 4.23. The van der Waals surface area contributed by atoms with E-state index in [0.29, 0.717) is 23.6 Å². The number of rotatable bonds is 1. The molecule has 1 fully saturated rings. The molecule has 84 valence electrons. The van der Waals surface area contributed by atoms with Crippen molar-refractivity contribution in [3.05, 3.63) is 29.3 Å². The van der Waals surface area contributed by atoms with Crippen LogP contribution in [0.25, 0.3) is 0 Å². The van der Waals surface area contributed by atoms with Crippen LogP contribution in [0.1, 0.15) is 12.8 Å². The monoisotopic (exact) mass is 238 g/mol. The quantitative estimate of drug-likeness (QED) is 0.751. The Morgan fingerprint density at radius 3 is 2.50 bits per heavy atom. The Labute approximate surface area is 98.0 Å². The fraction of sp³-hybridized carbons (Fsp3) is 0.273. The van der Waals surface area contributed by atoms with Gasteiger partial charge in [0.1, 0.15) is 0 Å². The van der Waals surface area contributed by atoms with Gasteiger partial charge in [0.05, 0.1) is 11.7 Å². The number of amides is 2. The number of nitrogens with two attached hydrogens (primary N) is 1. The van der Waals surface area contributed by atoms with Gasteiger partial charge in [-0.25, -0.2) is 4.90 Å². The first-order valence-electron chi connectivity index (χ1n) is 4.97. The highest BCUT2D eigenvalue weighted by Gasteiger charge is 2.32. The fourth-order valence-corrected chi connectivity index (χ4v) is 1.79. The molecule has 2 amide bonds. The Balaban J connectivity index is 2.34. The minimum Gasteiger partial charge on any atom is -0.320 e. The molecule has 0 bridgehead atoms. The van der Waals surface area contributed by atoms with Crippen molar-refractivity contribution in [2.24, 2.45) is 5.73 Å². The van der Waals surface area contributed by atoms with E-state index < -0.39 is 6.04 Å². The minimum absolute atomic E-state index is 0.214. The van der Waals surface area contributed by atoms with Crippen LogP contribution in [-0.2, 0) is 9.59 Å². The number of hydrogen-bond donors (Lipinski definition) is 1. The minimum atomic E-state index is -0.589. The summed E-state index contributed by atoms with van der Waals surface area (Å²) in [4.78, 5) is 24.5. The number of carbonyl (C=O) groups excluding carboxylic acids is 2. The zero-order valence-electron chi connectivity index (χ0n) is 8.52. The van der Waals surface area contributed by atoms with Crippen molar-refractivity contribution >= 4 is 29.1 Å². The van der Waals surface area contributed by atoms with E-state index in [1.807, 2.05) is 0 Å². The molecule has 0 aliphatic carbocycles. The first-order valence-corrected chi connectivity index (χ1v) is 5.35. The van der Waals surface area contributed by atoms with Crippen LogP contribution in [0.2, 0.25) is 5.02 Å². The van der Waals surface area contributed by atoms with Crippen LogP contribution in [0, 0.1) is 0 Å². The summed E-state index contributed by atoms with van der Waals surface area (Å²) < 4.78 is 0. The molecule has 5 heteroatoms. The maximum Gasteiger partial charge on any atom is 0.250 e. The van der Waals surface area contributed by atoms with E-state index >= 15 is 0 Å². The average Bonchev–Trinajstić information content (AvgIpc) is 2.27. The van der Waals surface area contributed by atoms with Crippen molar-refractivity contribution in [1.29, 1.82) is 0 Å². The SMILES string of the molecule is N[C@H]1CCC(=O)N(c2ccc(Cl)cc2)C1=O. The standard InChI is InChI=1S/C11H11ClN2O2/c12-7-1-3-8(4-2-7)14-10(15)6-5-9(13)11(14)16/h1-4,9H,5-6,13H2/t9-/m0/s1. The molecule has 4 nitrogen and oxygen atoms in total. The van der Waals surface area contributed by atoms with Crippen molar-refractivity contribution in [2.45, 2.75) is 18.9 Å². The summed E-state index contributed by atoms with van der Waals surface area (Å²) in [7, 11) is 0. The average molecular weight is 239 g/mol. The lowest BCUT2D eigenvalue weighted by molar-refractivity contribution is -0.130. The number of hydrogen-bond acceptors (Lipinski definition) is 3. The molecule has 2 rings (SSSR count). The maximum atomic E-state index is 11.8. The van der Waals surface area contributed by atoms with Gasteiger partial charge in [-0.15, -0.1) is 0 Å². The summed E-state index contributed by atoms with van der Waals surface area (Å²) in [6.07, 6.45) is 0.720. The van der Waals surface area contributed by atoms with Crippen LogP contribution in [-0.4, -0.2) is 17.9 Å². The van der Waals surface area contributed by atoms with Gasteiger partial charge in [0.2, 0.25) is 5.91 Å². The number of nitrogens with zero attached hydrogens (tertiary/aromatic N) is 1. The van der Waals surface area contributed by atoms with Crippen molar-refractivity contribution in [2.75, 3.05) is 4.90 Å². The molecular formula is C11H11ClN2O2. The number of halogens is 1. The Hall–Kier alpha value is -1.39. The summed E-state index contributed by atoms with van der Waals surface area (Å²) in [6.45, 7) is 0. The maximum absolute atomic E-state index is 11.8. The van der Waals surface area contributed by atoms with Crippen LogP contribution in [0.5, 0.6) is 0 Å². The van der Waals surface area contributed by atoms with Crippen LogP contribution >= 0.6 is 11.6 Å². The van der Waals surface area contributed by atoms with E-state index in [1.165, 1.54) is 0 Å². The lowest BCUT2D eigenvalue weighted by atomic mass is 10.0. The second-order valence-electron chi connectivity index (χ2n) is 3.69. The number of piperidine rings is 1. The summed E-state index contributed by atoms with van der Waals surface area (Å²) in [5.41, 5.74) is 6.15. The van der Waals surface area contributed by atoms with Gasteiger partial charge in [-0.2, -0.15) is 0 Å². The third-order valence-corrected chi connectivity index (χ3v) is 2.79. The largest absolute Gasteiger partial charge is 0.320 e. The molecule has 0 spiro atoms. The lowest BCUT2D eigenvalue weighted by Gasteiger charge is -2.28. The van der Waals surface area contributed by atoms with Gasteiger partial charge in [0.15, 0.2) is 0 Å². The molecule has 1 aliphatic heterocycles. The normalized spacial score (nSPS) is 21.4. The molecule has 0 radical (unpaired) electrons. The van der Waals surface area contributed by atoms with Crippen LogP contribution in [0.3, 0.4) is 0 Å². The molecule has 0 unspecified atom stereocenters. The predicted molar refractivity (Wildman–Crippen MR) is 61.2 cm³/mol. The van der Waals surface area contributed by atoms with Gasteiger partial charge in [-0.1, -0.05) is 11.6 Å². The molecule has 1 aromatic rings. The first kappa shape index (κ1) is 11.1. The molecule has 1 saturated heterocycles.